The Balaban J connectivity index is 2.44. The minimum absolute atomic E-state index is 0.0559. The lowest BCUT2D eigenvalue weighted by Gasteiger charge is -2.20. The van der Waals surface area contributed by atoms with Crippen LogP contribution in [0.15, 0.2) is 36.8 Å². The molecule has 0 spiro atoms. The second-order valence-corrected chi connectivity index (χ2v) is 3.63. The van der Waals surface area contributed by atoms with Crippen molar-refractivity contribution >= 4 is 6.03 Å². The first-order valence-corrected chi connectivity index (χ1v) is 5.83. The van der Waals surface area contributed by atoms with E-state index in [1.165, 1.54) is 5.56 Å². The van der Waals surface area contributed by atoms with Crippen LogP contribution in [0.3, 0.4) is 0 Å². The van der Waals surface area contributed by atoms with Crippen LogP contribution < -0.4 is 5.32 Å². The lowest BCUT2D eigenvalue weighted by Crippen LogP contribution is -2.38. The molecule has 4 nitrogen and oxygen atoms in total. The fourth-order valence-electron chi connectivity index (χ4n) is 1.46. The van der Waals surface area contributed by atoms with Crippen molar-refractivity contribution in [3.05, 3.63) is 42.4 Å². The van der Waals surface area contributed by atoms with E-state index < -0.39 is 0 Å². The van der Waals surface area contributed by atoms with Crippen molar-refractivity contribution in [2.24, 2.45) is 0 Å². The molecule has 1 heterocycles. The molecule has 0 aliphatic rings. The SMILES string of the molecule is C/C=C/NC(=O)N(CC)CCc1ccncc1. The Hall–Kier alpha value is -1.84. The third-order valence-corrected chi connectivity index (χ3v) is 2.46. The predicted molar refractivity (Wildman–Crippen MR) is 68.5 cm³/mol. The van der Waals surface area contributed by atoms with Gasteiger partial charge in [0.15, 0.2) is 0 Å². The number of urea groups is 1. The number of rotatable bonds is 5. The summed E-state index contributed by atoms with van der Waals surface area (Å²) in [7, 11) is 0. The Morgan fingerprint density at radius 3 is 2.76 bits per heavy atom. The smallest absolute Gasteiger partial charge is 0.321 e. The quantitative estimate of drug-likeness (QED) is 0.847. The van der Waals surface area contributed by atoms with Gasteiger partial charge in [0, 0.05) is 31.7 Å². The lowest BCUT2D eigenvalue weighted by molar-refractivity contribution is 0.205. The van der Waals surface area contributed by atoms with E-state index in [9.17, 15) is 4.79 Å². The third kappa shape index (κ3) is 4.68. The fourth-order valence-corrected chi connectivity index (χ4v) is 1.46. The van der Waals surface area contributed by atoms with Crippen LogP contribution in [-0.4, -0.2) is 29.0 Å². The summed E-state index contributed by atoms with van der Waals surface area (Å²) in [4.78, 5) is 17.5. The number of pyridine rings is 1. The normalized spacial score (nSPS) is 10.5. The average Bonchev–Trinajstić information content (AvgIpc) is 2.38. The zero-order valence-corrected chi connectivity index (χ0v) is 10.4. The van der Waals surface area contributed by atoms with Crippen LogP contribution in [0.1, 0.15) is 19.4 Å². The largest absolute Gasteiger partial charge is 0.324 e. The second-order valence-electron chi connectivity index (χ2n) is 3.63. The van der Waals surface area contributed by atoms with Crippen molar-refractivity contribution in [2.45, 2.75) is 20.3 Å². The topological polar surface area (TPSA) is 45.2 Å². The monoisotopic (exact) mass is 233 g/mol. The molecule has 0 saturated heterocycles. The maximum atomic E-state index is 11.7. The first kappa shape index (κ1) is 13.2. The number of amides is 2. The van der Waals surface area contributed by atoms with Gasteiger partial charge in [0.05, 0.1) is 0 Å². The molecule has 0 fully saturated rings. The van der Waals surface area contributed by atoms with Gasteiger partial charge in [-0.1, -0.05) is 6.08 Å². The molecular formula is C13H19N3O. The summed E-state index contributed by atoms with van der Waals surface area (Å²) in [6, 6.07) is 3.88. The molecule has 2 amide bonds. The van der Waals surface area contributed by atoms with E-state index in [1.807, 2.05) is 26.0 Å². The van der Waals surface area contributed by atoms with Crippen LogP contribution >= 0.6 is 0 Å². The van der Waals surface area contributed by atoms with Crippen LogP contribution in [0.5, 0.6) is 0 Å². The fraction of sp³-hybridized carbons (Fsp3) is 0.385. The van der Waals surface area contributed by atoms with Gasteiger partial charge < -0.3 is 10.2 Å². The Bertz CT molecular complexity index is 362. The zero-order chi connectivity index (χ0) is 12.5. The molecule has 0 aliphatic heterocycles. The molecular weight excluding hydrogens is 214 g/mol. The highest BCUT2D eigenvalue weighted by molar-refractivity contribution is 5.75. The van der Waals surface area contributed by atoms with Crippen molar-refractivity contribution < 1.29 is 4.79 Å². The number of hydrogen-bond donors (Lipinski definition) is 1. The molecule has 4 heteroatoms. The van der Waals surface area contributed by atoms with Crippen LogP contribution in [0, 0.1) is 0 Å². The molecule has 92 valence electrons. The van der Waals surface area contributed by atoms with Gasteiger partial charge in [0.25, 0.3) is 0 Å². The molecule has 0 atom stereocenters. The van der Waals surface area contributed by atoms with Crippen LogP contribution in [-0.2, 0) is 6.42 Å². The maximum absolute atomic E-state index is 11.7. The van der Waals surface area contributed by atoms with Gasteiger partial charge in [-0.15, -0.1) is 0 Å². The summed E-state index contributed by atoms with van der Waals surface area (Å²) in [5.74, 6) is 0. The van der Waals surface area contributed by atoms with Crippen LogP contribution in [0.25, 0.3) is 0 Å². The molecule has 1 rings (SSSR count). The highest BCUT2D eigenvalue weighted by Crippen LogP contribution is 2.00. The van der Waals surface area contributed by atoms with E-state index in [0.29, 0.717) is 13.1 Å². The molecule has 17 heavy (non-hydrogen) atoms. The highest BCUT2D eigenvalue weighted by Gasteiger charge is 2.09. The van der Waals surface area contributed by atoms with E-state index in [0.717, 1.165) is 6.42 Å². The van der Waals surface area contributed by atoms with Gasteiger partial charge in [0.1, 0.15) is 0 Å². The van der Waals surface area contributed by atoms with Crippen molar-refractivity contribution in [3.63, 3.8) is 0 Å². The number of likely N-dealkylation sites (N-methyl/N-ethyl adjacent to an activating group) is 1. The summed E-state index contributed by atoms with van der Waals surface area (Å²) in [5.41, 5.74) is 1.19. The second kappa shape index (κ2) is 7.44. The van der Waals surface area contributed by atoms with E-state index in [4.69, 9.17) is 0 Å². The van der Waals surface area contributed by atoms with E-state index in [1.54, 1.807) is 29.6 Å². The summed E-state index contributed by atoms with van der Waals surface area (Å²) in [6.45, 7) is 5.26. The van der Waals surface area contributed by atoms with Crippen molar-refractivity contribution in [2.75, 3.05) is 13.1 Å². The molecule has 0 aromatic carbocycles. The lowest BCUT2D eigenvalue weighted by atomic mass is 10.2. The summed E-state index contributed by atoms with van der Waals surface area (Å²) in [5, 5.41) is 2.71. The number of aromatic nitrogens is 1. The number of carbonyl (C=O) groups excluding carboxylic acids is 1. The predicted octanol–water partition coefficient (Wildman–Crippen LogP) is 2.19. The van der Waals surface area contributed by atoms with Gasteiger partial charge in [0.2, 0.25) is 0 Å². The number of nitrogens with zero attached hydrogens (tertiary/aromatic N) is 2. The zero-order valence-electron chi connectivity index (χ0n) is 10.4. The number of allylic oxidation sites excluding steroid dienone is 1. The van der Waals surface area contributed by atoms with Crippen molar-refractivity contribution in [1.29, 1.82) is 0 Å². The van der Waals surface area contributed by atoms with E-state index >= 15 is 0 Å². The third-order valence-electron chi connectivity index (χ3n) is 2.46. The van der Waals surface area contributed by atoms with Crippen molar-refractivity contribution in [1.82, 2.24) is 15.2 Å². The maximum Gasteiger partial charge on any atom is 0.321 e. The van der Waals surface area contributed by atoms with E-state index in [2.05, 4.69) is 10.3 Å². The minimum Gasteiger partial charge on any atom is -0.324 e. The first-order valence-electron chi connectivity index (χ1n) is 5.83. The van der Waals surface area contributed by atoms with Gasteiger partial charge in [-0.3, -0.25) is 4.98 Å². The molecule has 0 unspecified atom stereocenters. The van der Waals surface area contributed by atoms with E-state index in [-0.39, 0.29) is 6.03 Å². The molecule has 1 aromatic heterocycles. The van der Waals surface area contributed by atoms with Crippen LogP contribution in [0.2, 0.25) is 0 Å². The molecule has 0 bridgehead atoms. The van der Waals surface area contributed by atoms with Crippen LogP contribution in [0.4, 0.5) is 4.79 Å². The summed E-state index contributed by atoms with van der Waals surface area (Å²) >= 11 is 0. The molecule has 1 aromatic rings. The van der Waals surface area contributed by atoms with Gasteiger partial charge in [-0.25, -0.2) is 4.79 Å². The Labute approximate surface area is 102 Å². The average molecular weight is 233 g/mol. The van der Waals surface area contributed by atoms with Crippen molar-refractivity contribution in [3.8, 4) is 0 Å². The summed E-state index contributed by atoms with van der Waals surface area (Å²) in [6.07, 6.45) is 7.84. The van der Waals surface area contributed by atoms with Gasteiger partial charge >= 0.3 is 6.03 Å². The molecule has 0 radical (unpaired) electrons. The Kier molecular flexibility index (Phi) is 5.79. The minimum atomic E-state index is -0.0559. The number of hydrogen-bond acceptors (Lipinski definition) is 2. The Morgan fingerprint density at radius 1 is 1.47 bits per heavy atom. The molecule has 0 aliphatic carbocycles. The highest BCUT2D eigenvalue weighted by atomic mass is 16.2. The first-order chi connectivity index (χ1) is 8.27. The Morgan fingerprint density at radius 2 is 2.18 bits per heavy atom. The molecule has 1 N–H and O–H groups in total. The molecule has 0 saturated carbocycles. The standard InChI is InChI=1S/C13H19N3O/c1-3-8-15-13(17)16(4-2)11-7-12-5-9-14-10-6-12/h3,5-6,8-10H,4,7,11H2,1-2H3,(H,15,17)/b8-3+. The number of carbonyl (C=O) groups is 1. The van der Waals surface area contributed by atoms with Gasteiger partial charge in [-0.05, 0) is 38.0 Å². The summed E-state index contributed by atoms with van der Waals surface area (Å²) < 4.78 is 0. The van der Waals surface area contributed by atoms with Gasteiger partial charge in [-0.2, -0.15) is 0 Å². The number of nitrogens with one attached hydrogen (secondary N) is 1.